The average molecular weight is 499 g/mol. The number of fused-ring (bicyclic) bond motifs is 2. The van der Waals surface area contributed by atoms with Crippen LogP contribution in [0.4, 0.5) is 4.39 Å². The van der Waals surface area contributed by atoms with Gasteiger partial charge >= 0.3 is 5.69 Å². The summed E-state index contributed by atoms with van der Waals surface area (Å²) in [6.07, 6.45) is 1.63. The number of sulfone groups is 1. The summed E-state index contributed by atoms with van der Waals surface area (Å²) < 4.78 is 44.6. The van der Waals surface area contributed by atoms with Gasteiger partial charge in [-0.25, -0.2) is 22.6 Å². The third-order valence-corrected chi connectivity index (χ3v) is 8.82. The molecular weight excluding hydrogens is 471 g/mol. The first-order chi connectivity index (χ1) is 16.9. The molecule has 10 heteroatoms. The molecule has 2 aromatic heterocycles. The number of hydrogen-bond donors (Lipinski definition) is 2. The normalized spacial score (nSPS) is 15.7. The highest BCUT2D eigenvalue weighted by molar-refractivity contribution is 7.92. The lowest BCUT2D eigenvalue weighted by atomic mass is 10.1. The Bertz CT molecular complexity index is 1490. The number of piperidine rings is 1. The zero-order valence-electron chi connectivity index (χ0n) is 19.2. The van der Waals surface area contributed by atoms with Crippen LogP contribution in [0.1, 0.15) is 24.8 Å². The second-order valence-corrected chi connectivity index (χ2v) is 11.4. The number of nitrogens with zero attached hydrogens (tertiary/aromatic N) is 2. The number of aromatic amines is 2. The number of pyridine rings is 1. The van der Waals surface area contributed by atoms with Crippen LogP contribution < -0.4 is 10.4 Å². The minimum Gasteiger partial charge on any atom is -0.494 e. The van der Waals surface area contributed by atoms with Gasteiger partial charge in [0.05, 0.1) is 28.6 Å². The highest BCUT2D eigenvalue weighted by Crippen LogP contribution is 2.23. The summed E-state index contributed by atoms with van der Waals surface area (Å²) in [6, 6.07) is 13.7. The van der Waals surface area contributed by atoms with Crippen molar-refractivity contribution in [3.8, 4) is 5.75 Å². The molecule has 0 spiro atoms. The van der Waals surface area contributed by atoms with Gasteiger partial charge in [0.1, 0.15) is 11.6 Å². The van der Waals surface area contributed by atoms with E-state index in [1.54, 1.807) is 18.2 Å². The molecule has 0 saturated carbocycles. The van der Waals surface area contributed by atoms with Crippen LogP contribution in [-0.4, -0.2) is 59.0 Å². The topological polar surface area (TPSA) is 108 Å². The highest BCUT2D eigenvalue weighted by atomic mass is 32.2. The van der Waals surface area contributed by atoms with Gasteiger partial charge in [-0.1, -0.05) is 12.1 Å². The van der Waals surface area contributed by atoms with E-state index in [-0.39, 0.29) is 22.5 Å². The number of likely N-dealkylation sites (tertiary alicyclic amines) is 1. The van der Waals surface area contributed by atoms with Crippen LogP contribution in [0.2, 0.25) is 0 Å². The molecule has 1 fully saturated rings. The first-order valence-electron chi connectivity index (χ1n) is 11.7. The lowest BCUT2D eigenvalue weighted by molar-refractivity contribution is 0.222. The van der Waals surface area contributed by atoms with Crippen LogP contribution in [0.25, 0.3) is 22.1 Å². The van der Waals surface area contributed by atoms with Gasteiger partial charge in [-0.3, -0.25) is 9.88 Å². The van der Waals surface area contributed by atoms with Crippen LogP contribution in [-0.2, 0) is 16.4 Å². The van der Waals surface area contributed by atoms with Gasteiger partial charge in [-0.15, -0.1) is 0 Å². The van der Waals surface area contributed by atoms with E-state index < -0.39 is 9.84 Å². The van der Waals surface area contributed by atoms with Crippen LogP contribution in [0.5, 0.6) is 5.75 Å². The quantitative estimate of drug-likeness (QED) is 0.361. The molecule has 5 rings (SSSR count). The van der Waals surface area contributed by atoms with Crippen molar-refractivity contribution in [3.05, 3.63) is 70.4 Å². The van der Waals surface area contributed by atoms with E-state index in [9.17, 15) is 17.6 Å². The van der Waals surface area contributed by atoms with Gasteiger partial charge in [0.25, 0.3) is 0 Å². The molecule has 1 aliphatic rings. The van der Waals surface area contributed by atoms with Crippen LogP contribution >= 0.6 is 0 Å². The Morgan fingerprint density at radius 2 is 1.83 bits per heavy atom. The summed E-state index contributed by atoms with van der Waals surface area (Å²) >= 11 is 0. The van der Waals surface area contributed by atoms with Gasteiger partial charge in [-0.05, 0) is 74.3 Å². The predicted molar refractivity (Wildman–Crippen MR) is 133 cm³/mol. The zero-order valence-corrected chi connectivity index (χ0v) is 20.0. The van der Waals surface area contributed by atoms with E-state index in [0.717, 1.165) is 16.5 Å². The zero-order chi connectivity index (χ0) is 24.4. The number of aromatic nitrogens is 3. The van der Waals surface area contributed by atoms with Crippen molar-refractivity contribution in [1.29, 1.82) is 0 Å². The fraction of sp³-hybridized carbons (Fsp3) is 0.360. The molecule has 2 aromatic carbocycles. The Morgan fingerprint density at radius 3 is 2.60 bits per heavy atom. The molecule has 184 valence electrons. The van der Waals surface area contributed by atoms with Crippen molar-refractivity contribution >= 4 is 31.9 Å². The maximum absolute atomic E-state index is 13.1. The minimum absolute atomic E-state index is 0.0932. The number of halogens is 1. The Labute approximate surface area is 202 Å². The fourth-order valence-corrected chi connectivity index (χ4v) is 6.37. The first kappa shape index (κ1) is 23.5. The molecule has 35 heavy (non-hydrogen) atoms. The van der Waals surface area contributed by atoms with Crippen molar-refractivity contribution in [2.45, 2.75) is 31.1 Å². The van der Waals surface area contributed by atoms with Gasteiger partial charge in [-0.2, -0.15) is 0 Å². The molecule has 8 nitrogen and oxygen atoms in total. The van der Waals surface area contributed by atoms with Gasteiger partial charge in [0.2, 0.25) is 0 Å². The smallest absolute Gasteiger partial charge is 0.325 e. The molecule has 3 heterocycles. The second kappa shape index (κ2) is 9.79. The second-order valence-electron chi connectivity index (χ2n) is 8.99. The van der Waals surface area contributed by atoms with Crippen molar-refractivity contribution < 1.29 is 17.5 Å². The van der Waals surface area contributed by atoms with Gasteiger partial charge < -0.3 is 9.72 Å². The summed E-state index contributed by atoms with van der Waals surface area (Å²) in [7, 11) is -3.20. The molecule has 1 saturated heterocycles. The van der Waals surface area contributed by atoms with Gasteiger partial charge in [0.15, 0.2) is 15.5 Å². The van der Waals surface area contributed by atoms with E-state index in [0.29, 0.717) is 62.4 Å². The Kier molecular flexibility index (Phi) is 6.57. The van der Waals surface area contributed by atoms with Crippen molar-refractivity contribution in [2.24, 2.45) is 0 Å². The lowest BCUT2D eigenvalue weighted by Crippen LogP contribution is -2.39. The van der Waals surface area contributed by atoms with Gasteiger partial charge in [0, 0.05) is 11.9 Å². The van der Waals surface area contributed by atoms with Crippen molar-refractivity contribution in [2.75, 3.05) is 25.4 Å². The predicted octanol–water partition coefficient (Wildman–Crippen LogP) is 3.39. The summed E-state index contributed by atoms with van der Waals surface area (Å²) in [5, 5.41) is 0.495. The largest absolute Gasteiger partial charge is 0.494 e. The van der Waals surface area contributed by atoms with E-state index >= 15 is 0 Å². The number of H-pyrrole nitrogens is 2. The van der Waals surface area contributed by atoms with E-state index in [1.165, 1.54) is 12.1 Å². The standard InChI is InChI=1S/C25H27FN4O4S/c26-19-4-2-17(3-5-19)16-30-10-8-21(9-11-30)35(32,33)13-1-12-34-20-6-7-22-18(14-20)15-23-24(27-22)29-25(31)28-23/h2-7,14-15,21H,1,8-13,16H2,(H2,27,28,29,31). The average Bonchev–Trinajstić information content (AvgIpc) is 3.21. The molecule has 1 aliphatic heterocycles. The van der Waals surface area contributed by atoms with E-state index in [2.05, 4.69) is 19.9 Å². The summed E-state index contributed by atoms with van der Waals surface area (Å²) in [4.78, 5) is 23.4. The molecule has 0 aliphatic carbocycles. The number of hydrogen-bond acceptors (Lipinski definition) is 6. The highest BCUT2D eigenvalue weighted by Gasteiger charge is 2.29. The molecule has 0 atom stereocenters. The van der Waals surface area contributed by atoms with Crippen molar-refractivity contribution in [1.82, 2.24) is 19.9 Å². The molecular formula is C25H27FN4O4S. The Hall–Kier alpha value is -3.24. The number of nitrogens with one attached hydrogen (secondary N) is 2. The maximum Gasteiger partial charge on any atom is 0.325 e. The Balaban J connectivity index is 1.10. The first-order valence-corrected chi connectivity index (χ1v) is 13.4. The minimum atomic E-state index is -3.20. The molecule has 0 amide bonds. The number of ether oxygens (including phenoxy) is 1. The van der Waals surface area contributed by atoms with Crippen LogP contribution in [0, 0.1) is 5.82 Å². The molecule has 0 bridgehead atoms. The molecule has 4 aromatic rings. The summed E-state index contributed by atoms with van der Waals surface area (Å²) in [5.41, 5.74) is 2.57. The Morgan fingerprint density at radius 1 is 1.06 bits per heavy atom. The summed E-state index contributed by atoms with van der Waals surface area (Å²) in [5.74, 6) is 0.467. The molecule has 0 radical (unpaired) electrons. The van der Waals surface area contributed by atoms with Crippen LogP contribution in [0.15, 0.2) is 53.3 Å². The maximum atomic E-state index is 13.1. The third-order valence-electron chi connectivity index (χ3n) is 6.47. The third kappa shape index (κ3) is 5.54. The van der Waals surface area contributed by atoms with Crippen molar-refractivity contribution in [3.63, 3.8) is 0 Å². The van der Waals surface area contributed by atoms with E-state index in [4.69, 9.17) is 4.74 Å². The number of imidazole rings is 1. The summed E-state index contributed by atoms with van der Waals surface area (Å²) in [6.45, 7) is 2.42. The molecule has 2 N–H and O–H groups in total. The lowest BCUT2D eigenvalue weighted by Gasteiger charge is -2.31. The molecule has 0 unspecified atom stereocenters. The SMILES string of the molecule is O=c1[nH]c2cc3cc(OCCCS(=O)(=O)C4CCN(Cc5ccc(F)cc5)CC4)ccc3nc2[nH]1. The number of benzene rings is 2. The monoisotopic (exact) mass is 498 g/mol. The van der Waals surface area contributed by atoms with E-state index in [1.807, 2.05) is 18.2 Å². The fourth-order valence-electron chi connectivity index (χ4n) is 4.59. The van der Waals surface area contributed by atoms with Crippen LogP contribution in [0.3, 0.4) is 0 Å². The number of rotatable bonds is 8.